The van der Waals surface area contributed by atoms with Crippen LogP contribution < -0.4 is 4.91 Å². The van der Waals surface area contributed by atoms with Crippen LogP contribution in [0.15, 0.2) is 10.2 Å². The van der Waals surface area contributed by atoms with Crippen LogP contribution in [-0.2, 0) is 9.47 Å². The highest BCUT2D eigenvalue weighted by atomic mass is 16.7. The SMILES string of the molecule is CC(C)CC1CCCC(OCCCN=[N+]=NC(C)C)O1. The van der Waals surface area contributed by atoms with E-state index in [1.165, 1.54) is 12.8 Å². The van der Waals surface area contributed by atoms with Crippen LogP contribution >= 0.6 is 0 Å². The van der Waals surface area contributed by atoms with Crippen molar-refractivity contribution in [3.8, 4) is 0 Å². The number of rotatable bonds is 8. The van der Waals surface area contributed by atoms with Gasteiger partial charge in [-0.25, -0.2) is 0 Å². The molecule has 0 aliphatic carbocycles. The molecule has 0 N–H and O–H groups in total. The van der Waals surface area contributed by atoms with Crippen LogP contribution in [0, 0.1) is 5.92 Å². The van der Waals surface area contributed by atoms with Gasteiger partial charge in [0.05, 0.1) is 12.7 Å². The first-order chi connectivity index (χ1) is 9.58. The Labute approximate surface area is 122 Å². The molecule has 0 spiro atoms. The van der Waals surface area contributed by atoms with E-state index in [1.807, 2.05) is 13.8 Å². The Morgan fingerprint density at radius 3 is 2.75 bits per heavy atom. The fourth-order valence-electron chi connectivity index (χ4n) is 2.22. The molecule has 1 fully saturated rings. The van der Waals surface area contributed by atoms with Gasteiger partial charge in [0.1, 0.15) is 22.8 Å². The van der Waals surface area contributed by atoms with Crippen LogP contribution in [0.1, 0.15) is 59.8 Å². The van der Waals surface area contributed by atoms with Crippen molar-refractivity contribution in [1.82, 2.24) is 4.91 Å². The molecule has 0 radical (unpaired) electrons. The van der Waals surface area contributed by atoms with E-state index in [1.54, 1.807) is 0 Å². The molecule has 2 unspecified atom stereocenters. The molecule has 1 saturated heterocycles. The van der Waals surface area contributed by atoms with Crippen molar-refractivity contribution in [1.29, 1.82) is 0 Å². The summed E-state index contributed by atoms with van der Waals surface area (Å²) in [4.78, 5) is 3.76. The Kier molecular flexibility index (Phi) is 8.67. The smallest absolute Gasteiger partial charge is 0.217 e. The van der Waals surface area contributed by atoms with Crippen molar-refractivity contribution in [2.75, 3.05) is 13.2 Å². The van der Waals surface area contributed by atoms with Crippen LogP contribution in [0.2, 0.25) is 0 Å². The van der Waals surface area contributed by atoms with E-state index in [4.69, 9.17) is 9.47 Å². The van der Waals surface area contributed by atoms with Gasteiger partial charge in [-0.1, -0.05) is 13.8 Å². The van der Waals surface area contributed by atoms with Gasteiger partial charge in [0.25, 0.3) is 0 Å². The first-order valence-electron chi connectivity index (χ1n) is 7.91. The maximum Gasteiger partial charge on any atom is 0.217 e. The van der Waals surface area contributed by atoms with Crippen LogP contribution in [0.5, 0.6) is 0 Å². The van der Waals surface area contributed by atoms with Crippen LogP contribution in [-0.4, -0.2) is 31.6 Å². The van der Waals surface area contributed by atoms with Crippen molar-refractivity contribution in [3.05, 3.63) is 0 Å². The maximum absolute atomic E-state index is 5.96. The highest BCUT2D eigenvalue weighted by Gasteiger charge is 2.23. The third-order valence-corrected chi connectivity index (χ3v) is 3.10. The topological polar surface area (TPSA) is 57.3 Å². The van der Waals surface area contributed by atoms with Crippen molar-refractivity contribution in [3.63, 3.8) is 0 Å². The second kappa shape index (κ2) is 10.0. The first kappa shape index (κ1) is 17.3. The average Bonchev–Trinajstić information content (AvgIpc) is 2.37. The fourth-order valence-corrected chi connectivity index (χ4v) is 2.22. The van der Waals surface area contributed by atoms with E-state index in [-0.39, 0.29) is 12.3 Å². The van der Waals surface area contributed by atoms with Crippen molar-refractivity contribution in [2.45, 2.75) is 78.2 Å². The molecule has 1 aliphatic heterocycles. The van der Waals surface area contributed by atoms with E-state index in [0.29, 0.717) is 25.2 Å². The predicted molar refractivity (Wildman–Crippen MR) is 79.5 cm³/mol. The number of hydrogen-bond donors (Lipinski definition) is 0. The molecule has 1 rings (SSSR count). The third-order valence-electron chi connectivity index (χ3n) is 3.10. The molecule has 20 heavy (non-hydrogen) atoms. The molecule has 0 amide bonds. The van der Waals surface area contributed by atoms with Crippen molar-refractivity contribution < 1.29 is 9.47 Å². The fraction of sp³-hybridized carbons (Fsp3) is 1.00. The van der Waals surface area contributed by atoms with Gasteiger partial charge in [-0.15, -0.1) is 0 Å². The quantitative estimate of drug-likeness (QED) is 0.387. The van der Waals surface area contributed by atoms with Gasteiger partial charge in [-0.2, -0.15) is 0 Å². The molecule has 0 saturated carbocycles. The van der Waals surface area contributed by atoms with E-state index < -0.39 is 0 Å². The van der Waals surface area contributed by atoms with Crippen molar-refractivity contribution in [2.24, 2.45) is 16.1 Å². The summed E-state index contributed by atoms with van der Waals surface area (Å²) in [6.07, 6.45) is 5.73. The van der Waals surface area contributed by atoms with E-state index >= 15 is 0 Å². The molecular weight excluding hydrogens is 254 g/mol. The summed E-state index contributed by atoms with van der Waals surface area (Å²) in [5.74, 6) is 0.684. The molecule has 116 valence electrons. The molecule has 1 aliphatic rings. The largest absolute Gasteiger partial charge is 0.353 e. The van der Waals surface area contributed by atoms with Gasteiger partial charge in [0, 0.05) is 0 Å². The van der Waals surface area contributed by atoms with E-state index in [0.717, 1.165) is 19.3 Å². The molecule has 0 aromatic heterocycles. The number of hydrogen-bond acceptors (Lipinski definition) is 4. The Morgan fingerprint density at radius 2 is 2.05 bits per heavy atom. The Hall–Kier alpha value is -0.770. The second-order valence-electron chi connectivity index (χ2n) is 6.14. The van der Waals surface area contributed by atoms with Gasteiger partial charge in [0.15, 0.2) is 6.29 Å². The molecule has 2 atom stereocenters. The molecule has 1 heterocycles. The van der Waals surface area contributed by atoms with Crippen LogP contribution in [0.25, 0.3) is 0 Å². The number of ether oxygens (including phenoxy) is 2. The van der Waals surface area contributed by atoms with E-state index in [9.17, 15) is 0 Å². The lowest BCUT2D eigenvalue weighted by Gasteiger charge is -2.30. The number of nitrogens with zero attached hydrogens (tertiary/aromatic N) is 3. The third kappa shape index (κ3) is 8.41. The Balaban J connectivity index is 2.11. The normalized spacial score (nSPS) is 22.9. The lowest BCUT2D eigenvalue weighted by molar-refractivity contribution is -0.196. The molecule has 0 aromatic carbocycles. The van der Waals surface area contributed by atoms with Gasteiger partial charge in [0.2, 0.25) is 4.91 Å². The van der Waals surface area contributed by atoms with Gasteiger partial charge in [-0.05, 0) is 51.9 Å². The summed E-state index contributed by atoms with van der Waals surface area (Å²) in [5, 5.41) is 7.93. The lowest BCUT2D eigenvalue weighted by Crippen LogP contribution is -2.30. The summed E-state index contributed by atoms with van der Waals surface area (Å²) < 4.78 is 11.7. The highest BCUT2D eigenvalue weighted by Crippen LogP contribution is 2.24. The molecular formula is C15H30N3O2+. The zero-order chi connectivity index (χ0) is 14.8. The van der Waals surface area contributed by atoms with Gasteiger partial charge < -0.3 is 9.47 Å². The minimum atomic E-state index is -0.0233. The maximum atomic E-state index is 5.96. The monoisotopic (exact) mass is 284 g/mol. The minimum absolute atomic E-state index is 0.0233. The van der Waals surface area contributed by atoms with Crippen LogP contribution in [0.3, 0.4) is 0 Å². The molecule has 5 nitrogen and oxygen atoms in total. The predicted octanol–water partition coefficient (Wildman–Crippen LogP) is 3.71. The lowest BCUT2D eigenvalue weighted by atomic mass is 9.99. The van der Waals surface area contributed by atoms with Gasteiger partial charge in [-0.3, -0.25) is 0 Å². The molecule has 5 heteroatoms. The van der Waals surface area contributed by atoms with Crippen LogP contribution in [0.4, 0.5) is 0 Å². The van der Waals surface area contributed by atoms with Gasteiger partial charge >= 0.3 is 0 Å². The molecule has 0 aromatic rings. The average molecular weight is 284 g/mol. The Morgan fingerprint density at radius 1 is 1.25 bits per heavy atom. The summed E-state index contributed by atoms with van der Waals surface area (Å²) in [7, 11) is 0. The zero-order valence-corrected chi connectivity index (χ0v) is 13.4. The minimum Gasteiger partial charge on any atom is -0.353 e. The summed E-state index contributed by atoms with van der Waals surface area (Å²) in [6, 6.07) is 0.212. The first-order valence-corrected chi connectivity index (χ1v) is 7.91. The van der Waals surface area contributed by atoms with Crippen molar-refractivity contribution >= 4 is 0 Å². The second-order valence-corrected chi connectivity index (χ2v) is 6.14. The summed E-state index contributed by atoms with van der Waals surface area (Å²) in [5.41, 5.74) is 0. The summed E-state index contributed by atoms with van der Waals surface area (Å²) >= 11 is 0. The molecule has 0 bridgehead atoms. The summed E-state index contributed by atoms with van der Waals surface area (Å²) in [6.45, 7) is 9.78. The highest BCUT2D eigenvalue weighted by molar-refractivity contribution is 4.67. The van der Waals surface area contributed by atoms with E-state index in [2.05, 4.69) is 29.0 Å². The zero-order valence-electron chi connectivity index (χ0n) is 13.4. The Bertz CT molecular complexity index is 312. The standard InChI is InChI=1S/C15H30N3O2/c1-12(2)11-14-7-5-8-15(20-14)19-10-6-9-16-18-17-13(3)4/h12-15H,5-11H2,1-4H3/q+1.